The highest BCUT2D eigenvalue weighted by Crippen LogP contribution is 2.22. The lowest BCUT2D eigenvalue weighted by Crippen LogP contribution is -2.06. The molecule has 0 radical (unpaired) electrons. The van der Waals surface area contributed by atoms with E-state index in [9.17, 15) is 0 Å². The first-order valence-electron chi connectivity index (χ1n) is 5.43. The van der Waals surface area contributed by atoms with Crippen molar-refractivity contribution in [2.75, 3.05) is 5.32 Å². The molecule has 0 saturated carbocycles. The molecule has 0 aliphatic rings. The van der Waals surface area contributed by atoms with Crippen molar-refractivity contribution >= 4 is 33.2 Å². The van der Waals surface area contributed by atoms with Crippen LogP contribution < -0.4 is 5.32 Å². The first-order valence-corrected chi connectivity index (χ1v) is 6.60. The van der Waals surface area contributed by atoms with Crippen molar-refractivity contribution < 1.29 is 0 Å². The van der Waals surface area contributed by atoms with E-state index < -0.39 is 0 Å². The fraction of sp³-hybridized carbons (Fsp3) is 0.143. The molecule has 1 N–H and O–H groups in total. The first kappa shape index (κ1) is 12.5. The third-order valence-corrected chi connectivity index (χ3v) is 3.38. The van der Waals surface area contributed by atoms with Crippen LogP contribution in [0.5, 0.6) is 0 Å². The minimum atomic E-state index is 0.258. The van der Waals surface area contributed by atoms with Crippen molar-refractivity contribution in [2.45, 2.75) is 13.0 Å². The van der Waals surface area contributed by atoms with Crippen molar-refractivity contribution in [3.05, 3.63) is 63.6 Å². The Bertz CT molecular complexity index is 479. The summed E-state index contributed by atoms with van der Waals surface area (Å²) in [6.07, 6.45) is 0. The summed E-state index contributed by atoms with van der Waals surface area (Å²) in [6.45, 7) is 2.13. The molecule has 3 heteroatoms. The third kappa shape index (κ3) is 3.48. The van der Waals surface area contributed by atoms with Crippen LogP contribution in [-0.2, 0) is 0 Å². The summed E-state index contributed by atoms with van der Waals surface area (Å²) in [7, 11) is 0. The van der Waals surface area contributed by atoms with Crippen molar-refractivity contribution in [3.8, 4) is 0 Å². The van der Waals surface area contributed by atoms with Crippen LogP contribution in [0.2, 0.25) is 5.02 Å². The van der Waals surface area contributed by atoms with Crippen LogP contribution in [0, 0.1) is 0 Å². The Kier molecular flexibility index (Phi) is 4.08. The summed E-state index contributed by atoms with van der Waals surface area (Å²) in [5.41, 5.74) is 2.33. The van der Waals surface area contributed by atoms with Crippen molar-refractivity contribution in [1.29, 1.82) is 0 Å². The highest BCUT2D eigenvalue weighted by Gasteiger charge is 2.04. The second-order valence-electron chi connectivity index (χ2n) is 3.92. The molecule has 0 aliphatic heterocycles. The Labute approximate surface area is 115 Å². The first-order chi connectivity index (χ1) is 8.15. The van der Waals surface area contributed by atoms with E-state index in [1.165, 1.54) is 5.56 Å². The summed E-state index contributed by atoms with van der Waals surface area (Å²) in [6, 6.07) is 16.3. The lowest BCUT2D eigenvalue weighted by atomic mass is 10.1. The van der Waals surface area contributed by atoms with Gasteiger partial charge in [-0.1, -0.05) is 39.7 Å². The lowest BCUT2D eigenvalue weighted by molar-refractivity contribution is 0.885. The summed E-state index contributed by atoms with van der Waals surface area (Å²) in [5.74, 6) is 0. The Morgan fingerprint density at radius 1 is 1.00 bits per heavy atom. The average Bonchev–Trinajstić information content (AvgIpc) is 2.33. The topological polar surface area (TPSA) is 12.0 Å². The number of rotatable bonds is 3. The number of nitrogens with one attached hydrogen (secondary N) is 1. The molecule has 2 rings (SSSR count). The zero-order valence-electron chi connectivity index (χ0n) is 9.45. The Morgan fingerprint density at radius 2 is 1.59 bits per heavy atom. The van der Waals surface area contributed by atoms with Gasteiger partial charge in [0.15, 0.2) is 0 Å². The van der Waals surface area contributed by atoms with Crippen LogP contribution in [0.25, 0.3) is 0 Å². The van der Waals surface area contributed by atoms with Crippen molar-refractivity contribution in [3.63, 3.8) is 0 Å². The molecule has 0 heterocycles. The second-order valence-corrected chi connectivity index (χ2v) is 5.28. The highest BCUT2D eigenvalue weighted by molar-refractivity contribution is 9.10. The summed E-state index contributed by atoms with van der Waals surface area (Å²) >= 11 is 9.29. The highest BCUT2D eigenvalue weighted by atomic mass is 79.9. The largest absolute Gasteiger partial charge is 0.379 e. The van der Waals surface area contributed by atoms with Gasteiger partial charge in [0.05, 0.1) is 0 Å². The molecule has 1 atom stereocenters. The van der Waals surface area contributed by atoms with Gasteiger partial charge in [-0.3, -0.25) is 0 Å². The van der Waals surface area contributed by atoms with E-state index in [2.05, 4.69) is 40.3 Å². The fourth-order valence-electron chi connectivity index (χ4n) is 1.63. The minimum absolute atomic E-state index is 0.258. The summed E-state index contributed by atoms with van der Waals surface area (Å²) in [5, 5.41) is 4.21. The molecule has 0 aromatic heterocycles. The molecule has 0 fully saturated rings. The standard InChI is InChI=1S/C14H13BrClN/c1-10(11-2-6-13(16)7-3-11)17-14-8-4-12(15)5-9-14/h2-10,17H,1H3. The number of hydrogen-bond acceptors (Lipinski definition) is 1. The van der Waals surface area contributed by atoms with E-state index in [-0.39, 0.29) is 6.04 Å². The van der Waals surface area contributed by atoms with Gasteiger partial charge in [-0.2, -0.15) is 0 Å². The van der Waals surface area contributed by atoms with Gasteiger partial charge >= 0.3 is 0 Å². The Morgan fingerprint density at radius 3 is 2.18 bits per heavy atom. The molecular formula is C14H13BrClN. The molecule has 0 amide bonds. The van der Waals surface area contributed by atoms with Gasteiger partial charge in [0, 0.05) is 21.2 Å². The molecule has 0 spiro atoms. The van der Waals surface area contributed by atoms with Crippen LogP contribution in [0.1, 0.15) is 18.5 Å². The SMILES string of the molecule is CC(Nc1ccc(Br)cc1)c1ccc(Cl)cc1. The molecule has 2 aromatic rings. The maximum absolute atomic E-state index is 5.87. The van der Waals surface area contributed by atoms with E-state index >= 15 is 0 Å². The molecule has 88 valence electrons. The number of hydrogen-bond donors (Lipinski definition) is 1. The Hall–Kier alpha value is -0.990. The van der Waals surface area contributed by atoms with Gasteiger partial charge in [-0.05, 0) is 48.9 Å². The molecule has 2 aromatic carbocycles. The van der Waals surface area contributed by atoms with Gasteiger partial charge in [0.2, 0.25) is 0 Å². The van der Waals surface area contributed by atoms with Gasteiger partial charge < -0.3 is 5.32 Å². The number of halogens is 2. The molecular weight excluding hydrogens is 298 g/mol. The molecule has 0 aliphatic carbocycles. The fourth-order valence-corrected chi connectivity index (χ4v) is 2.02. The number of anilines is 1. The van der Waals surface area contributed by atoms with Crippen molar-refractivity contribution in [1.82, 2.24) is 0 Å². The number of benzene rings is 2. The molecule has 0 saturated heterocycles. The molecule has 0 bridgehead atoms. The lowest BCUT2D eigenvalue weighted by Gasteiger charge is -2.15. The van der Waals surface area contributed by atoms with Crippen molar-refractivity contribution in [2.24, 2.45) is 0 Å². The Balaban J connectivity index is 2.08. The van der Waals surface area contributed by atoms with Gasteiger partial charge in [0.25, 0.3) is 0 Å². The minimum Gasteiger partial charge on any atom is -0.379 e. The molecule has 17 heavy (non-hydrogen) atoms. The maximum Gasteiger partial charge on any atom is 0.0485 e. The van der Waals surface area contributed by atoms with Crippen LogP contribution in [0.3, 0.4) is 0 Å². The maximum atomic E-state index is 5.87. The normalized spacial score (nSPS) is 12.2. The van der Waals surface area contributed by atoms with Crippen LogP contribution in [-0.4, -0.2) is 0 Å². The van der Waals surface area contributed by atoms with Gasteiger partial charge in [0.1, 0.15) is 0 Å². The third-order valence-electron chi connectivity index (χ3n) is 2.60. The predicted molar refractivity (Wildman–Crippen MR) is 77.6 cm³/mol. The predicted octanol–water partition coefficient (Wildman–Crippen LogP) is 5.28. The van der Waals surface area contributed by atoms with Crippen LogP contribution in [0.15, 0.2) is 53.0 Å². The van der Waals surface area contributed by atoms with Crippen LogP contribution >= 0.6 is 27.5 Å². The zero-order valence-corrected chi connectivity index (χ0v) is 11.8. The van der Waals surface area contributed by atoms with Gasteiger partial charge in [-0.25, -0.2) is 0 Å². The second kappa shape index (κ2) is 5.56. The summed E-state index contributed by atoms with van der Waals surface area (Å²) in [4.78, 5) is 0. The van der Waals surface area contributed by atoms with E-state index in [0.29, 0.717) is 0 Å². The smallest absolute Gasteiger partial charge is 0.0485 e. The van der Waals surface area contributed by atoms with E-state index in [1.807, 2.05) is 36.4 Å². The van der Waals surface area contributed by atoms with E-state index in [0.717, 1.165) is 15.2 Å². The monoisotopic (exact) mass is 309 g/mol. The summed E-state index contributed by atoms with van der Waals surface area (Å²) < 4.78 is 1.09. The molecule has 1 nitrogen and oxygen atoms in total. The quantitative estimate of drug-likeness (QED) is 0.813. The molecule has 1 unspecified atom stereocenters. The zero-order chi connectivity index (χ0) is 12.3. The average molecular weight is 311 g/mol. The van der Waals surface area contributed by atoms with E-state index in [4.69, 9.17) is 11.6 Å². The van der Waals surface area contributed by atoms with Gasteiger partial charge in [-0.15, -0.1) is 0 Å². The van der Waals surface area contributed by atoms with E-state index in [1.54, 1.807) is 0 Å². The van der Waals surface area contributed by atoms with Crippen LogP contribution in [0.4, 0.5) is 5.69 Å².